The number of hydrogen-bond acceptors (Lipinski definition) is 8. The maximum absolute atomic E-state index is 13.5. The van der Waals surface area contributed by atoms with E-state index in [0.717, 1.165) is 54.3 Å². The number of anilines is 1. The van der Waals surface area contributed by atoms with Crippen LogP contribution in [0.3, 0.4) is 0 Å². The Hall–Kier alpha value is -2.65. The molecule has 3 atom stereocenters. The van der Waals surface area contributed by atoms with E-state index in [9.17, 15) is 4.55 Å². The summed E-state index contributed by atoms with van der Waals surface area (Å²) in [5.41, 5.74) is 2.94. The molecule has 10 nitrogen and oxygen atoms in total. The largest absolute Gasteiger partial charge is 0.578 e. The average molecular weight is 526 g/mol. The number of rotatable bonds is 9. The molecule has 200 valence electrons. The first kappa shape index (κ1) is 27.4. The molecule has 2 aromatic heterocycles. The molecule has 2 saturated heterocycles. The van der Waals surface area contributed by atoms with E-state index in [4.69, 9.17) is 10.3 Å². The Kier molecular flexibility index (Phi) is 9.08. The van der Waals surface area contributed by atoms with Crippen molar-refractivity contribution >= 4 is 23.2 Å². The number of aromatic nitrogens is 3. The molecule has 0 radical (unpaired) electrons. The summed E-state index contributed by atoms with van der Waals surface area (Å²) < 4.78 is 17.7. The molecule has 0 spiro atoms. The van der Waals surface area contributed by atoms with Crippen molar-refractivity contribution in [2.75, 3.05) is 32.1 Å². The van der Waals surface area contributed by atoms with Crippen molar-refractivity contribution in [2.45, 2.75) is 71.5 Å². The van der Waals surface area contributed by atoms with Crippen LogP contribution in [0.25, 0.3) is 0 Å². The first-order valence-electron chi connectivity index (χ1n) is 13.2. The topological polar surface area (TPSA) is 123 Å². The lowest BCUT2D eigenvalue weighted by atomic mass is 9.89. The highest BCUT2D eigenvalue weighted by molar-refractivity contribution is 7.86. The summed E-state index contributed by atoms with van der Waals surface area (Å²) in [6, 6.07) is 8.90. The lowest BCUT2D eigenvalue weighted by Gasteiger charge is -2.49. The van der Waals surface area contributed by atoms with E-state index < -0.39 is 11.5 Å². The van der Waals surface area contributed by atoms with Crippen LogP contribution in [0, 0.1) is 31.1 Å². The van der Waals surface area contributed by atoms with Crippen molar-refractivity contribution in [2.24, 2.45) is 10.9 Å². The molecular formula is C26H39N9OS. The molecule has 0 saturated carbocycles. The number of piperidine rings is 1. The van der Waals surface area contributed by atoms with Gasteiger partial charge >= 0.3 is 0 Å². The minimum absolute atomic E-state index is 0.00624. The highest BCUT2D eigenvalue weighted by atomic mass is 32.2. The van der Waals surface area contributed by atoms with Crippen molar-refractivity contribution in [3.63, 3.8) is 0 Å². The Balaban J connectivity index is 1.54. The van der Waals surface area contributed by atoms with Gasteiger partial charge in [-0.15, -0.1) is 8.61 Å². The van der Waals surface area contributed by atoms with Crippen LogP contribution in [0.5, 0.6) is 0 Å². The van der Waals surface area contributed by atoms with E-state index in [-0.39, 0.29) is 24.0 Å². The number of nitriles is 1. The van der Waals surface area contributed by atoms with Crippen molar-refractivity contribution < 1.29 is 4.55 Å². The number of nitrogens with one attached hydrogen (secondary N) is 2. The van der Waals surface area contributed by atoms with Crippen LogP contribution in [-0.2, 0) is 11.5 Å². The molecule has 4 rings (SSSR count). The second kappa shape index (κ2) is 12.3. The molecule has 0 aromatic carbocycles. The molecule has 3 unspecified atom stereocenters. The first-order valence-corrected chi connectivity index (χ1v) is 14.2. The Morgan fingerprint density at radius 2 is 2.00 bits per heavy atom. The van der Waals surface area contributed by atoms with Gasteiger partial charge in [-0.2, -0.15) is 10.4 Å². The Morgan fingerprint density at radius 1 is 1.30 bits per heavy atom. The van der Waals surface area contributed by atoms with Gasteiger partial charge < -0.3 is 14.8 Å². The number of aryl methyl sites for hydroxylation is 2. The molecular weight excluding hydrogens is 486 g/mol. The third-order valence-electron chi connectivity index (χ3n) is 7.51. The maximum atomic E-state index is 13.5. The summed E-state index contributed by atoms with van der Waals surface area (Å²) in [5.74, 6) is 1.66. The zero-order chi connectivity index (χ0) is 26.5. The number of hydrogen-bond donors (Lipinski definition) is 2. The molecule has 0 amide bonds. The predicted molar refractivity (Wildman–Crippen MR) is 147 cm³/mol. The van der Waals surface area contributed by atoms with Gasteiger partial charge in [-0.3, -0.25) is 10.1 Å². The molecule has 0 bridgehead atoms. The van der Waals surface area contributed by atoms with Gasteiger partial charge in [0, 0.05) is 42.3 Å². The van der Waals surface area contributed by atoms with E-state index in [1.807, 2.05) is 36.5 Å². The van der Waals surface area contributed by atoms with E-state index in [1.165, 1.54) is 0 Å². The van der Waals surface area contributed by atoms with Crippen molar-refractivity contribution in [1.82, 2.24) is 28.7 Å². The second-order valence-corrected chi connectivity index (χ2v) is 11.4. The number of aromatic amines is 1. The lowest BCUT2D eigenvalue weighted by Crippen LogP contribution is -2.63. The van der Waals surface area contributed by atoms with E-state index in [0.29, 0.717) is 19.8 Å². The fourth-order valence-corrected chi connectivity index (χ4v) is 7.12. The van der Waals surface area contributed by atoms with E-state index >= 15 is 0 Å². The minimum Gasteiger partial charge on any atom is -0.578 e. The van der Waals surface area contributed by atoms with Gasteiger partial charge in [0.25, 0.3) is 0 Å². The van der Waals surface area contributed by atoms with Crippen LogP contribution < -0.4 is 5.32 Å². The molecule has 2 aliphatic rings. The standard InChI is InChI=1S/C26H39N9OS/c1-6-21-12-23(13-22(7-2)35(21)37(36)34-15-20(14-27)16-34)33(5)26(24-9-8-10-28-19(24)4)30-17-29-25-11-18(3)31-32-25/h8-11,20-23H,6-7,12-13,15-17H2,1-5H3,(H2,29,31,32)/b30-26+. The second-order valence-electron chi connectivity index (χ2n) is 10.0. The first-order chi connectivity index (χ1) is 17.9. The Morgan fingerprint density at radius 3 is 2.57 bits per heavy atom. The van der Waals surface area contributed by atoms with Gasteiger partial charge in [0.2, 0.25) is 0 Å². The summed E-state index contributed by atoms with van der Waals surface area (Å²) in [4.78, 5) is 11.8. The van der Waals surface area contributed by atoms with Gasteiger partial charge in [-0.25, -0.2) is 4.99 Å². The molecule has 11 heteroatoms. The molecule has 4 heterocycles. The smallest absolute Gasteiger partial charge is 0.149 e. The number of nitrogens with zero attached hydrogens (tertiary/aromatic N) is 7. The van der Waals surface area contributed by atoms with Crippen LogP contribution in [0.1, 0.15) is 56.5 Å². The number of pyridine rings is 1. The van der Waals surface area contributed by atoms with Gasteiger partial charge in [-0.1, -0.05) is 13.8 Å². The highest BCUT2D eigenvalue weighted by Crippen LogP contribution is 2.35. The van der Waals surface area contributed by atoms with Gasteiger partial charge in [0.15, 0.2) is 0 Å². The number of aliphatic imine (C=N–C) groups is 1. The molecule has 0 aliphatic carbocycles. The third kappa shape index (κ3) is 6.09. The molecule has 2 fully saturated rings. The van der Waals surface area contributed by atoms with Crippen LogP contribution in [0.15, 0.2) is 29.4 Å². The molecule has 37 heavy (non-hydrogen) atoms. The quantitative estimate of drug-likeness (QED) is 0.291. The summed E-state index contributed by atoms with van der Waals surface area (Å²) in [5, 5.41) is 19.6. The van der Waals surface area contributed by atoms with Gasteiger partial charge in [0.05, 0.1) is 37.2 Å². The average Bonchev–Trinajstić information content (AvgIpc) is 3.30. The summed E-state index contributed by atoms with van der Waals surface area (Å²) >= 11 is -1.21. The predicted octanol–water partition coefficient (Wildman–Crippen LogP) is 3.23. The van der Waals surface area contributed by atoms with Gasteiger partial charge in [-0.05, 0) is 51.7 Å². The number of amidine groups is 1. The SMILES string of the molecule is CCC1CC(N(C)/C(=N/CNc2cc(C)[nH]n2)c2cccnc2C)CC(CC)N1[S+]([O-])N1CC(C#N)C1. The van der Waals surface area contributed by atoms with E-state index in [1.54, 1.807) is 0 Å². The summed E-state index contributed by atoms with van der Waals surface area (Å²) in [6.45, 7) is 9.91. The molecule has 2 aromatic rings. The van der Waals surface area contributed by atoms with Crippen LogP contribution in [0.2, 0.25) is 0 Å². The lowest BCUT2D eigenvalue weighted by molar-refractivity contribution is 0.0984. The maximum Gasteiger partial charge on any atom is 0.149 e. The van der Waals surface area contributed by atoms with Crippen molar-refractivity contribution in [3.05, 3.63) is 41.3 Å². The minimum atomic E-state index is -1.21. The van der Waals surface area contributed by atoms with E-state index in [2.05, 4.69) is 62.7 Å². The monoisotopic (exact) mass is 525 g/mol. The fourth-order valence-electron chi connectivity index (χ4n) is 5.26. The Labute approximate surface area is 223 Å². The van der Waals surface area contributed by atoms with Gasteiger partial charge in [0.1, 0.15) is 29.9 Å². The van der Waals surface area contributed by atoms with Crippen molar-refractivity contribution in [3.8, 4) is 6.07 Å². The third-order valence-corrected chi connectivity index (χ3v) is 9.20. The molecule has 2 aliphatic heterocycles. The van der Waals surface area contributed by atoms with Crippen LogP contribution in [0.4, 0.5) is 5.82 Å². The van der Waals surface area contributed by atoms with Crippen LogP contribution >= 0.6 is 0 Å². The molecule has 2 N–H and O–H groups in total. The Bertz CT molecular complexity index is 1100. The fraction of sp³-hybridized carbons (Fsp3) is 0.615. The van der Waals surface area contributed by atoms with Crippen LogP contribution in [-0.4, -0.2) is 84.0 Å². The highest BCUT2D eigenvalue weighted by Gasteiger charge is 2.48. The normalized spacial score (nSPS) is 24.4. The summed E-state index contributed by atoms with van der Waals surface area (Å²) in [7, 11) is 2.12. The number of H-pyrrole nitrogens is 1. The zero-order valence-corrected chi connectivity index (χ0v) is 23.3. The summed E-state index contributed by atoms with van der Waals surface area (Å²) in [6.07, 6.45) is 5.44. The zero-order valence-electron chi connectivity index (χ0n) is 22.5. The van der Waals surface area contributed by atoms with Crippen molar-refractivity contribution in [1.29, 1.82) is 5.26 Å².